The smallest absolute Gasteiger partial charge is 0.0781 e. The summed E-state index contributed by atoms with van der Waals surface area (Å²) in [5.41, 5.74) is 0.224. The Morgan fingerprint density at radius 2 is 1.75 bits per heavy atom. The number of hydrogen-bond donors (Lipinski definition) is 1. The van der Waals surface area contributed by atoms with Gasteiger partial charge in [-0.15, -0.1) is 0 Å². The van der Waals surface area contributed by atoms with Crippen molar-refractivity contribution >= 4 is 0 Å². The zero-order valence-electron chi connectivity index (χ0n) is 11.8. The van der Waals surface area contributed by atoms with Crippen molar-refractivity contribution in [1.29, 1.82) is 0 Å². The Morgan fingerprint density at radius 3 is 2.19 bits per heavy atom. The van der Waals surface area contributed by atoms with Crippen molar-refractivity contribution < 1.29 is 9.47 Å². The second-order valence-corrected chi connectivity index (χ2v) is 5.28. The minimum atomic E-state index is 0.170. The van der Waals surface area contributed by atoms with Crippen molar-refractivity contribution in [3.05, 3.63) is 0 Å². The Morgan fingerprint density at radius 1 is 1.12 bits per heavy atom. The maximum Gasteiger partial charge on any atom is 0.0781 e. The van der Waals surface area contributed by atoms with E-state index in [0.29, 0.717) is 12.6 Å². The van der Waals surface area contributed by atoms with E-state index in [4.69, 9.17) is 9.47 Å². The Hall–Kier alpha value is -0.120. The second kappa shape index (κ2) is 8.04. The van der Waals surface area contributed by atoms with Crippen LogP contribution in [0.15, 0.2) is 0 Å². The topological polar surface area (TPSA) is 30.5 Å². The highest BCUT2D eigenvalue weighted by Gasteiger charge is 2.24. The van der Waals surface area contributed by atoms with Gasteiger partial charge >= 0.3 is 0 Å². The molecule has 0 saturated heterocycles. The lowest BCUT2D eigenvalue weighted by Gasteiger charge is -2.32. The van der Waals surface area contributed by atoms with Crippen LogP contribution in [0.4, 0.5) is 0 Å². The van der Waals surface area contributed by atoms with Crippen molar-refractivity contribution in [2.45, 2.75) is 53.7 Å². The molecule has 0 aliphatic rings. The van der Waals surface area contributed by atoms with E-state index in [1.807, 2.05) is 6.92 Å². The molecule has 3 heteroatoms. The van der Waals surface area contributed by atoms with E-state index in [0.717, 1.165) is 19.8 Å². The molecule has 0 aromatic carbocycles. The third-order valence-corrected chi connectivity index (χ3v) is 2.60. The molecule has 16 heavy (non-hydrogen) atoms. The van der Waals surface area contributed by atoms with E-state index >= 15 is 0 Å². The molecule has 0 spiro atoms. The summed E-state index contributed by atoms with van der Waals surface area (Å²) in [5, 5.41) is 3.47. The number of rotatable bonds is 8. The third kappa shape index (κ3) is 7.20. The average molecular weight is 231 g/mol. The predicted molar refractivity (Wildman–Crippen MR) is 68.8 cm³/mol. The van der Waals surface area contributed by atoms with Gasteiger partial charge < -0.3 is 14.8 Å². The summed E-state index contributed by atoms with van der Waals surface area (Å²) >= 11 is 0. The van der Waals surface area contributed by atoms with Crippen LogP contribution < -0.4 is 5.32 Å². The molecule has 0 saturated carbocycles. The largest absolute Gasteiger partial charge is 0.379 e. The minimum Gasteiger partial charge on any atom is -0.379 e. The van der Waals surface area contributed by atoms with Crippen LogP contribution in [0.3, 0.4) is 0 Å². The van der Waals surface area contributed by atoms with Crippen LogP contribution in [-0.4, -0.2) is 38.5 Å². The van der Waals surface area contributed by atoms with E-state index in [9.17, 15) is 0 Å². The van der Waals surface area contributed by atoms with Gasteiger partial charge in [-0.05, 0) is 25.8 Å². The first-order valence-electron chi connectivity index (χ1n) is 6.34. The molecule has 2 atom stereocenters. The summed E-state index contributed by atoms with van der Waals surface area (Å²) in [5.74, 6) is 0. The van der Waals surface area contributed by atoms with E-state index in [1.54, 1.807) is 0 Å². The molecular formula is C13H29NO2. The SMILES string of the molecule is CCNC(COC(C)COCC)C(C)(C)C. The summed E-state index contributed by atoms with van der Waals surface area (Å²) in [6.45, 7) is 16.0. The molecule has 0 fully saturated rings. The van der Waals surface area contributed by atoms with E-state index in [-0.39, 0.29) is 11.5 Å². The van der Waals surface area contributed by atoms with Gasteiger partial charge in [0.15, 0.2) is 0 Å². The molecule has 0 rings (SSSR count). The Labute approximate surface area is 101 Å². The molecule has 0 aliphatic carbocycles. The van der Waals surface area contributed by atoms with E-state index in [2.05, 4.69) is 39.9 Å². The zero-order valence-corrected chi connectivity index (χ0v) is 11.8. The monoisotopic (exact) mass is 231 g/mol. The molecular weight excluding hydrogens is 202 g/mol. The van der Waals surface area contributed by atoms with Gasteiger partial charge in [0, 0.05) is 12.6 Å². The van der Waals surface area contributed by atoms with Crippen molar-refractivity contribution in [1.82, 2.24) is 5.32 Å². The highest BCUT2D eigenvalue weighted by atomic mass is 16.5. The maximum absolute atomic E-state index is 5.80. The minimum absolute atomic E-state index is 0.170. The van der Waals surface area contributed by atoms with Gasteiger partial charge in [-0.2, -0.15) is 0 Å². The van der Waals surface area contributed by atoms with Gasteiger partial charge in [0.1, 0.15) is 0 Å². The van der Waals surface area contributed by atoms with Crippen molar-refractivity contribution in [2.75, 3.05) is 26.4 Å². The van der Waals surface area contributed by atoms with Crippen molar-refractivity contribution in [2.24, 2.45) is 5.41 Å². The molecule has 1 N–H and O–H groups in total. The molecule has 0 aromatic heterocycles. The van der Waals surface area contributed by atoms with Gasteiger partial charge in [0.2, 0.25) is 0 Å². The molecule has 3 nitrogen and oxygen atoms in total. The molecule has 0 aromatic rings. The predicted octanol–water partition coefficient (Wildman–Crippen LogP) is 2.45. The lowest BCUT2D eigenvalue weighted by molar-refractivity contribution is -0.0225. The Kier molecular flexibility index (Phi) is 7.98. The summed E-state index contributed by atoms with van der Waals surface area (Å²) in [6, 6.07) is 0.390. The van der Waals surface area contributed by atoms with Crippen LogP contribution in [0.1, 0.15) is 41.5 Å². The number of ether oxygens (including phenoxy) is 2. The van der Waals surface area contributed by atoms with E-state index in [1.165, 1.54) is 0 Å². The fourth-order valence-electron chi connectivity index (χ4n) is 1.45. The first-order valence-corrected chi connectivity index (χ1v) is 6.34. The number of likely N-dealkylation sites (N-methyl/N-ethyl adjacent to an activating group) is 1. The molecule has 0 amide bonds. The van der Waals surface area contributed by atoms with Crippen molar-refractivity contribution in [3.63, 3.8) is 0 Å². The van der Waals surface area contributed by atoms with Crippen LogP contribution in [0.5, 0.6) is 0 Å². The zero-order chi connectivity index (χ0) is 12.6. The Bertz CT molecular complexity index is 166. The summed E-state index contributed by atoms with van der Waals surface area (Å²) in [6.07, 6.45) is 0.170. The molecule has 2 unspecified atom stereocenters. The van der Waals surface area contributed by atoms with Gasteiger partial charge in [0.25, 0.3) is 0 Å². The number of nitrogens with one attached hydrogen (secondary N) is 1. The highest BCUT2D eigenvalue weighted by molar-refractivity contribution is 4.80. The van der Waals surface area contributed by atoms with Crippen molar-refractivity contribution in [3.8, 4) is 0 Å². The van der Waals surface area contributed by atoms with Gasteiger partial charge in [-0.25, -0.2) is 0 Å². The standard InChI is InChI=1S/C13H29NO2/c1-7-14-12(13(4,5)6)10-16-11(3)9-15-8-2/h11-12,14H,7-10H2,1-6H3. The average Bonchev–Trinajstić information content (AvgIpc) is 2.19. The summed E-state index contributed by atoms with van der Waals surface area (Å²) in [4.78, 5) is 0. The fourth-order valence-corrected chi connectivity index (χ4v) is 1.45. The molecule has 98 valence electrons. The van der Waals surface area contributed by atoms with Crippen LogP contribution in [0.2, 0.25) is 0 Å². The Balaban J connectivity index is 3.92. The molecule has 0 bridgehead atoms. The quantitative estimate of drug-likeness (QED) is 0.696. The van der Waals surface area contributed by atoms with Crippen LogP contribution in [0, 0.1) is 5.41 Å². The van der Waals surface area contributed by atoms with E-state index < -0.39 is 0 Å². The second-order valence-electron chi connectivity index (χ2n) is 5.28. The van der Waals surface area contributed by atoms with Gasteiger partial charge in [-0.3, -0.25) is 0 Å². The summed E-state index contributed by atoms with van der Waals surface area (Å²) < 4.78 is 11.1. The van der Waals surface area contributed by atoms with Crippen LogP contribution in [-0.2, 0) is 9.47 Å². The highest BCUT2D eigenvalue weighted by Crippen LogP contribution is 2.19. The van der Waals surface area contributed by atoms with Gasteiger partial charge in [0.05, 0.1) is 19.3 Å². The van der Waals surface area contributed by atoms with Gasteiger partial charge in [-0.1, -0.05) is 27.7 Å². The van der Waals surface area contributed by atoms with Crippen LogP contribution >= 0.6 is 0 Å². The number of hydrogen-bond acceptors (Lipinski definition) is 3. The normalized spacial score (nSPS) is 16.1. The lowest BCUT2D eigenvalue weighted by atomic mass is 9.87. The maximum atomic E-state index is 5.80. The fraction of sp³-hybridized carbons (Fsp3) is 1.00. The first-order chi connectivity index (χ1) is 7.41. The first kappa shape index (κ1) is 15.9. The summed E-state index contributed by atoms with van der Waals surface area (Å²) in [7, 11) is 0. The molecule has 0 aliphatic heterocycles. The van der Waals surface area contributed by atoms with Crippen LogP contribution in [0.25, 0.3) is 0 Å². The molecule has 0 radical (unpaired) electrons. The molecule has 0 heterocycles. The lowest BCUT2D eigenvalue weighted by Crippen LogP contribution is -2.44. The third-order valence-electron chi connectivity index (χ3n) is 2.60.